The number of nitrogens with zero attached hydrogens (tertiary/aromatic N) is 4. The van der Waals surface area contributed by atoms with Gasteiger partial charge in [0, 0.05) is 37.1 Å². The van der Waals surface area contributed by atoms with Crippen molar-refractivity contribution in [3.05, 3.63) is 72.7 Å². The first kappa shape index (κ1) is 25.6. The Labute approximate surface area is 234 Å². The van der Waals surface area contributed by atoms with Gasteiger partial charge in [0.25, 0.3) is 0 Å². The molecule has 1 N–H and O–H groups in total. The fourth-order valence-electron chi connectivity index (χ4n) is 5.97. The Morgan fingerprint density at radius 3 is 2.58 bits per heavy atom. The highest BCUT2D eigenvalue weighted by Crippen LogP contribution is 2.43. The Balaban J connectivity index is 1.19. The summed E-state index contributed by atoms with van der Waals surface area (Å²) >= 11 is 0. The monoisotopic (exact) mass is 541 g/mol. The lowest BCUT2D eigenvalue weighted by Crippen LogP contribution is -2.37. The van der Waals surface area contributed by atoms with Crippen LogP contribution in [0.5, 0.6) is 0 Å². The summed E-state index contributed by atoms with van der Waals surface area (Å²) in [5.74, 6) is 0.112. The number of ether oxygens (including phenoxy) is 4. The molecule has 4 aromatic rings. The maximum atomic E-state index is 6.26. The predicted octanol–water partition coefficient (Wildman–Crippen LogP) is 4.77. The molecular weight excluding hydrogens is 506 g/mol. The van der Waals surface area contributed by atoms with Gasteiger partial charge < -0.3 is 28.8 Å². The Morgan fingerprint density at radius 1 is 0.975 bits per heavy atom. The van der Waals surface area contributed by atoms with Crippen LogP contribution in [0.4, 0.5) is 11.5 Å². The molecule has 0 radical (unpaired) electrons. The van der Waals surface area contributed by atoms with Crippen LogP contribution >= 0.6 is 0 Å². The molecular formula is C31H35N5O4. The van der Waals surface area contributed by atoms with Gasteiger partial charge >= 0.3 is 0 Å². The van der Waals surface area contributed by atoms with E-state index < -0.39 is 5.79 Å². The molecule has 208 valence electrons. The minimum atomic E-state index is -0.640. The van der Waals surface area contributed by atoms with Crippen LogP contribution in [0.25, 0.3) is 22.2 Å². The van der Waals surface area contributed by atoms with Crippen LogP contribution in [-0.4, -0.2) is 76.9 Å². The Kier molecular flexibility index (Phi) is 6.77. The summed E-state index contributed by atoms with van der Waals surface area (Å²) in [6.07, 6.45) is 4.06. The molecule has 2 aromatic carbocycles. The lowest BCUT2D eigenvalue weighted by Gasteiger charge is -2.26. The zero-order chi connectivity index (χ0) is 27.1. The largest absolute Gasteiger partial charge is 0.379 e. The highest BCUT2D eigenvalue weighted by molar-refractivity contribution is 6.02. The summed E-state index contributed by atoms with van der Waals surface area (Å²) in [6.45, 7) is 9.10. The predicted molar refractivity (Wildman–Crippen MR) is 152 cm³/mol. The third-order valence-corrected chi connectivity index (χ3v) is 7.94. The molecule has 0 spiro atoms. The fourth-order valence-corrected chi connectivity index (χ4v) is 5.97. The first-order valence-corrected chi connectivity index (χ1v) is 14.1. The lowest BCUT2D eigenvalue weighted by molar-refractivity contribution is -0.183. The van der Waals surface area contributed by atoms with E-state index in [-0.39, 0.29) is 18.4 Å². The number of morpholine rings is 1. The quantitative estimate of drug-likeness (QED) is 0.359. The number of hydrogen-bond acceptors (Lipinski definition) is 8. The number of aromatic nitrogens is 3. The second-order valence-electron chi connectivity index (χ2n) is 11.1. The van der Waals surface area contributed by atoms with E-state index in [2.05, 4.69) is 62.4 Å². The van der Waals surface area contributed by atoms with Gasteiger partial charge in [-0.3, -0.25) is 4.90 Å². The van der Waals surface area contributed by atoms with Gasteiger partial charge in [-0.2, -0.15) is 0 Å². The van der Waals surface area contributed by atoms with Crippen molar-refractivity contribution in [2.75, 3.05) is 44.8 Å². The Bertz CT molecular complexity index is 1470. The number of hydrogen-bond donors (Lipinski definition) is 1. The normalized spacial score (nSPS) is 24.4. The SMILES string of the molecule is CC1(C)O[C@H]2[C@H](n3cc(-c4ccccc4)c4c(Nc5ccc(CCN6CCOCC6)cc5)ncnc43)OC[C@H]2O1. The highest BCUT2D eigenvalue weighted by atomic mass is 16.8. The van der Waals surface area contributed by atoms with Crippen molar-refractivity contribution in [1.29, 1.82) is 0 Å². The standard InChI is InChI=1S/C31H35N5O4/c1-31(2)39-25-19-38-30(27(25)40-31)36-18-24(22-6-4-3-5-7-22)26-28(32-20-33-29(26)36)34-23-10-8-21(9-11-23)12-13-35-14-16-37-17-15-35/h3-11,18,20,25,27,30H,12-17,19H2,1-2H3,(H,32,33,34)/t25-,27-,30-/m1/s1. The molecule has 0 saturated carbocycles. The molecule has 0 unspecified atom stereocenters. The molecule has 0 bridgehead atoms. The van der Waals surface area contributed by atoms with E-state index in [1.54, 1.807) is 6.33 Å². The van der Waals surface area contributed by atoms with Crippen molar-refractivity contribution >= 4 is 22.5 Å². The third kappa shape index (κ3) is 5.00. The zero-order valence-corrected chi connectivity index (χ0v) is 23.0. The van der Waals surface area contributed by atoms with E-state index >= 15 is 0 Å². The molecule has 7 rings (SSSR count). The average Bonchev–Trinajstić information content (AvgIpc) is 3.64. The fraction of sp³-hybridized carbons (Fsp3) is 0.419. The van der Waals surface area contributed by atoms with Gasteiger partial charge in [0.1, 0.15) is 30.0 Å². The first-order chi connectivity index (χ1) is 19.5. The second kappa shape index (κ2) is 10.6. The van der Waals surface area contributed by atoms with Crippen molar-refractivity contribution in [1.82, 2.24) is 19.4 Å². The van der Waals surface area contributed by atoms with Crippen LogP contribution in [-0.2, 0) is 25.4 Å². The molecule has 3 fully saturated rings. The van der Waals surface area contributed by atoms with E-state index in [0.717, 1.165) is 72.9 Å². The summed E-state index contributed by atoms with van der Waals surface area (Å²) in [5, 5.41) is 4.51. The van der Waals surface area contributed by atoms with Crippen LogP contribution in [0.1, 0.15) is 25.6 Å². The van der Waals surface area contributed by atoms with E-state index in [1.807, 2.05) is 32.0 Å². The maximum Gasteiger partial charge on any atom is 0.164 e. The third-order valence-electron chi connectivity index (χ3n) is 7.94. The molecule has 5 heterocycles. The summed E-state index contributed by atoms with van der Waals surface area (Å²) in [6, 6.07) is 19.0. The van der Waals surface area contributed by atoms with Gasteiger partial charge in [-0.1, -0.05) is 42.5 Å². The summed E-state index contributed by atoms with van der Waals surface area (Å²) < 4.78 is 26.1. The molecule has 0 amide bonds. The number of rotatable bonds is 7. The zero-order valence-electron chi connectivity index (χ0n) is 23.0. The van der Waals surface area contributed by atoms with Crippen molar-refractivity contribution < 1.29 is 18.9 Å². The maximum absolute atomic E-state index is 6.26. The van der Waals surface area contributed by atoms with Crippen LogP contribution in [0.15, 0.2) is 67.1 Å². The summed E-state index contributed by atoms with van der Waals surface area (Å²) in [4.78, 5) is 11.9. The molecule has 9 heteroatoms. The van der Waals surface area contributed by atoms with Crippen LogP contribution < -0.4 is 5.32 Å². The van der Waals surface area contributed by atoms with E-state index in [0.29, 0.717) is 6.61 Å². The average molecular weight is 542 g/mol. The second-order valence-corrected chi connectivity index (χ2v) is 11.1. The van der Waals surface area contributed by atoms with Gasteiger partial charge in [0.2, 0.25) is 0 Å². The number of benzene rings is 2. The molecule has 3 saturated heterocycles. The molecule has 3 atom stereocenters. The van der Waals surface area contributed by atoms with Crippen molar-refractivity contribution in [2.45, 2.75) is 44.5 Å². The minimum absolute atomic E-state index is 0.112. The van der Waals surface area contributed by atoms with Gasteiger partial charge in [0.05, 0.1) is 25.2 Å². The van der Waals surface area contributed by atoms with Crippen LogP contribution in [0, 0.1) is 0 Å². The highest BCUT2D eigenvalue weighted by Gasteiger charge is 2.51. The number of anilines is 2. The van der Waals surface area contributed by atoms with Gasteiger partial charge in [-0.25, -0.2) is 9.97 Å². The smallest absolute Gasteiger partial charge is 0.164 e. The summed E-state index contributed by atoms with van der Waals surface area (Å²) in [5.41, 5.74) is 5.20. The lowest BCUT2D eigenvalue weighted by atomic mass is 10.1. The van der Waals surface area contributed by atoms with Gasteiger partial charge in [-0.15, -0.1) is 0 Å². The van der Waals surface area contributed by atoms with Crippen molar-refractivity contribution in [2.24, 2.45) is 0 Å². The summed E-state index contributed by atoms with van der Waals surface area (Å²) in [7, 11) is 0. The van der Waals surface area contributed by atoms with E-state index in [4.69, 9.17) is 23.9 Å². The van der Waals surface area contributed by atoms with Crippen molar-refractivity contribution in [3.63, 3.8) is 0 Å². The van der Waals surface area contributed by atoms with Crippen LogP contribution in [0.3, 0.4) is 0 Å². The van der Waals surface area contributed by atoms with E-state index in [9.17, 15) is 0 Å². The molecule has 40 heavy (non-hydrogen) atoms. The van der Waals surface area contributed by atoms with Crippen LogP contribution in [0.2, 0.25) is 0 Å². The first-order valence-electron chi connectivity index (χ1n) is 14.1. The molecule has 3 aliphatic heterocycles. The number of fused-ring (bicyclic) bond motifs is 2. The van der Waals surface area contributed by atoms with Gasteiger partial charge in [-0.05, 0) is 43.5 Å². The number of nitrogens with one attached hydrogen (secondary N) is 1. The molecule has 3 aliphatic rings. The topological polar surface area (TPSA) is 82.9 Å². The Hall–Kier alpha value is -3.34. The van der Waals surface area contributed by atoms with E-state index in [1.165, 1.54) is 5.56 Å². The Morgan fingerprint density at radius 2 is 1.77 bits per heavy atom. The molecule has 9 nitrogen and oxygen atoms in total. The molecule has 2 aromatic heterocycles. The van der Waals surface area contributed by atoms with Crippen molar-refractivity contribution in [3.8, 4) is 11.1 Å². The minimum Gasteiger partial charge on any atom is -0.379 e. The molecule has 0 aliphatic carbocycles. The van der Waals surface area contributed by atoms with Gasteiger partial charge in [0.15, 0.2) is 12.0 Å².